The number of carbonyl (C=O) groups is 2. The lowest BCUT2D eigenvalue weighted by Gasteiger charge is -2.60. The normalized spacial score (nSPS) is 45.0. The van der Waals surface area contributed by atoms with Gasteiger partial charge in [0.05, 0.1) is 11.6 Å². The molecule has 8 atom stereocenters. The van der Waals surface area contributed by atoms with Gasteiger partial charge in [0.2, 0.25) is 0 Å². The van der Waals surface area contributed by atoms with Crippen molar-refractivity contribution in [1.82, 2.24) is 0 Å². The zero-order valence-corrected chi connectivity index (χ0v) is 19.2. The third-order valence-corrected chi connectivity index (χ3v) is 9.31. The summed E-state index contributed by atoms with van der Waals surface area (Å²) in [5.41, 5.74) is 6.32. The van der Waals surface area contributed by atoms with Crippen LogP contribution in [0.4, 0.5) is 0 Å². The van der Waals surface area contributed by atoms with Gasteiger partial charge >= 0.3 is 5.97 Å². The van der Waals surface area contributed by atoms with Crippen LogP contribution < -0.4 is 5.73 Å². The highest BCUT2D eigenvalue weighted by Crippen LogP contribution is 2.65. The number of esters is 1. The smallest absolute Gasteiger partial charge is 0.310 e. The number of carbonyl (C=O) groups excluding carboxylic acids is 2. The molecule has 4 aliphatic carbocycles. The monoisotopic (exact) mass is 440 g/mol. The average Bonchev–Trinajstić information content (AvgIpc) is 3.02. The van der Waals surface area contributed by atoms with Crippen molar-refractivity contribution in [3.8, 4) is 0 Å². The van der Waals surface area contributed by atoms with Gasteiger partial charge < -0.3 is 15.7 Å². The number of ketones is 1. The van der Waals surface area contributed by atoms with Gasteiger partial charge in [0.25, 0.3) is 0 Å². The summed E-state index contributed by atoms with van der Waals surface area (Å²) in [5, 5.41) is 13.6. The van der Waals surface area contributed by atoms with Crippen molar-refractivity contribution in [1.29, 1.82) is 0 Å². The first-order chi connectivity index (χ1) is 13.7. The van der Waals surface area contributed by atoms with Crippen molar-refractivity contribution in [3.63, 3.8) is 0 Å². The summed E-state index contributed by atoms with van der Waals surface area (Å²) in [4.78, 5) is 24.8. The fourth-order valence-electron chi connectivity index (χ4n) is 7.40. The highest BCUT2D eigenvalue weighted by molar-refractivity contribution is 5.90. The number of oxime groups is 1. The molecule has 7 heteroatoms. The van der Waals surface area contributed by atoms with Crippen molar-refractivity contribution in [2.45, 2.75) is 78.2 Å². The summed E-state index contributed by atoms with van der Waals surface area (Å²) >= 11 is 0. The van der Waals surface area contributed by atoms with Gasteiger partial charge in [-0.25, -0.2) is 0 Å². The molecule has 0 aliphatic heterocycles. The van der Waals surface area contributed by atoms with Crippen molar-refractivity contribution in [3.05, 3.63) is 0 Å². The summed E-state index contributed by atoms with van der Waals surface area (Å²) in [6.45, 7) is 6.60. The molecule has 0 aromatic carbocycles. The minimum atomic E-state index is -0.291. The number of ether oxygens (including phenoxy) is 1. The van der Waals surface area contributed by atoms with Gasteiger partial charge in [-0.2, -0.15) is 0 Å². The second-order valence-corrected chi connectivity index (χ2v) is 10.6. The van der Waals surface area contributed by atoms with E-state index in [9.17, 15) is 14.8 Å². The molecule has 2 unspecified atom stereocenters. The van der Waals surface area contributed by atoms with E-state index in [2.05, 4.69) is 19.0 Å². The molecule has 0 bridgehead atoms. The van der Waals surface area contributed by atoms with E-state index in [1.54, 1.807) is 6.92 Å². The quantitative estimate of drug-likeness (QED) is 0.392. The SMILES string of the molecule is CC(CN)C(=O)O[C@H]1CC[C@@]2(C)C(C1)/C(=N/O)C[C@@H]1[C@@H]2CC[C@]2(C)C(=O)CC[C@@H]12.Cl. The van der Waals surface area contributed by atoms with Gasteiger partial charge in [0.15, 0.2) is 0 Å². The Labute approximate surface area is 185 Å². The maximum atomic E-state index is 12.6. The summed E-state index contributed by atoms with van der Waals surface area (Å²) in [7, 11) is 0. The number of nitrogens with two attached hydrogens (primary N) is 1. The highest BCUT2D eigenvalue weighted by Gasteiger charge is 2.62. The summed E-state index contributed by atoms with van der Waals surface area (Å²) in [6, 6.07) is 0. The minimum Gasteiger partial charge on any atom is -0.462 e. The Morgan fingerprint density at radius 3 is 2.67 bits per heavy atom. The topological polar surface area (TPSA) is 102 Å². The van der Waals surface area contributed by atoms with Crippen LogP contribution in [-0.2, 0) is 14.3 Å². The van der Waals surface area contributed by atoms with Crippen LogP contribution in [0.25, 0.3) is 0 Å². The van der Waals surface area contributed by atoms with Gasteiger partial charge in [-0.3, -0.25) is 9.59 Å². The van der Waals surface area contributed by atoms with Gasteiger partial charge in [-0.1, -0.05) is 25.9 Å². The number of Topliss-reactive ketones (excluding diaryl/α,β-unsaturated/α-hetero) is 1. The van der Waals surface area contributed by atoms with E-state index in [0.29, 0.717) is 36.5 Å². The van der Waals surface area contributed by atoms with Gasteiger partial charge in [-0.15, -0.1) is 12.4 Å². The summed E-state index contributed by atoms with van der Waals surface area (Å²) < 4.78 is 5.77. The number of hydrogen-bond acceptors (Lipinski definition) is 6. The van der Waals surface area contributed by atoms with Crippen LogP contribution in [0.5, 0.6) is 0 Å². The van der Waals surface area contributed by atoms with Gasteiger partial charge in [0.1, 0.15) is 11.9 Å². The fourth-order valence-corrected chi connectivity index (χ4v) is 7.40. The molecule has 0 radical (unpaired) electrons. The second-order valence-electron chi connectivity index (χ2n) is 10.6. The largest absolute Gasteiger partial charge is 0.462 e. The maximum absolute atomic E-state index is 12.6. The Kier molecular flexibility index (Phi) is 6.60. The number of nitrogens with zero attached hydrogens (tertiary/aromatic N) is 1. The predicted octanol–water partition coefficient (Wildman–Crippen LogP) is 3.97. The lowest BCUT2D eigenvalue weighted by atomic mass is 9.44. The summed E-state index contributed by atoms with van der Waals surface area (Å²) in [6.07, 6.45) is 6.91. The molecule has 0 aromatic rings. The molecule has 0 amide bonds. The molecule has 0 aromatic heterocycles. The Morgan fingerprint density at radius 1 is 1.27 bits per heavy atom. The lowest BCUT2D eigenvalue weighted by Crippen LogP contribution is -2.57. The third kappa shape index (κ3) is 3.48. The average molecular weight is 441 g/mol. The van der Waals surface area contributed by atoms with Crippen LogP contribution >= 0.6 is 12.4 Å². The molecule has 0 saturated heterocycles. The fraction of sp³-hybridized carbons (Fsp3) is 0.870. The molecule has 4 rings (SSSR count). The summed E-state index contributed by atoms with van der Waals surface area (Å²) in [5.74, 6) is 1.42. The predicted molar refractivity (Wildman–Crippen MR) is 117 cm³/mol. The molecule has 0 heterocycles. The Hall–Kier alpha value is -1.14. The molecule has 30 heavy (non-hydrogen) atoms. The van der Waals surface area contributed by atoms with Crippen LogP contribution in [0.3, 0.4) is 0 Å². The molecule has 4 aliphatic rings. The van der Waals surface area contributed by atoms with Crippen molar-refractivity contribution >= 4 is 29.9 Å². The third-order valence-electron chi connectivity index (χ3n) is 9.31. The van der Waals surface area contributed by atoms with Crippen molar-refractivity contribution < 1.29 is 19.5 Å². The van der Waals surface area contributed by atoms with Gasteiger partial charge in [-0.05, 0) is 68.1 Å². The minimum absolute atomic E-state index is 0. The molecule has 170 valence electrons. The van der Waals surface area contributed by atoms with Gasteiger partial charge in [0, 0.05) is 24.3 Å². The van der Waals surface area contributed by atoms with Crippen molar-refractivity contribution in [2.24, 2.45) is 51.3 Å². The zero-order chi connectivity index (χ0) is 21.0. The molecule has 6 nitrogen and oxygen atoms in total. The van der Waals surface area contributed by atoms with Crippen LogP contribution in [0.2, 0.25) is 0 Å². The van der Waals surface area contributed by atoms with Crippen LogP contribution in [0.1, 0.15) is 72.1 Å². The molecule has 0 spiro atoms. The second kappa shape index (κ2) is 8.42. The number of hydrogen-bond donors (Lipinski definition) is 2. The molecule has 4 saturated carbocycles. The number of halogens is 1. The molecular weight excluding hydrogens is 404 g/mol. The Morgan fingerprint density at radius 2 is 2.00 bits per heavy atom. The number of fused-ring (bicyclic) bond motifs is 5. The zero-order valence-electron chi connectivity index (χ0n) is 18.4. The van der Waals surface area contributed by atoms with E-state index < -0.39 is 0 Å². The lowest BCUT2D eigenvalue weighted by molar-refractivity contribution is -0.159. The van der Waals surface area contributed by atoms with E-state index in [1.165, 1.54) is 0 Å². The first-order valence-electron chi connectivity index (χ1n) is 11.4. The van der Waals surface area contributed by atoms with E-state index in [0.717, 1.165) is 50.7 Å². The molecular formula is C23H37ClN2O4. The van der Waals surface area contributed by atoms with E-state index in [1.807, 2.05) is 0 Å². The van der Waals surface area contributed by atoms with Crippen molar-refractivity contribution in [2.75, 3.05) is 6.54 Å². The Balaban J connectivity index is 0.00000256. The first kappa shape index (κ1) is 23.5. The Bertz CT molecular complexity index is 728. The van der Waals surface area contributed by atoms with Crippen LogP contribution in [0.15, 0.2) is 5.16 Å². The highest BCUT2D eigenvalue weighted by atomic mass is 35.5. The number of rotatable bonds is 3. The molecule has 3 N–H and O–H groups in total. The van der Waals surface area contributed by atoms with E-state index >= 15 is 0 Å². The van der Waals surface area contributed by atoms with E-state index in [-0.39, 0.29) is 47.1 Å². The van der Waals surface area contributed by atoms with Crippen LogP contribution in [-0.4, -0.2) is 35.3 Å². The van der Waals surface area contributed by atoms with Crippen LogP contribution in [0, 0.1) is 40.4 Å². The first-order valence-corrected chi connectivity index (χ1v) is 11.4. The standard InChI is InChI=1S/C23H36N2O4.ClH/c1-13(12-24)21(27)29-14-6-8-22(2)17-7-9-23(3)16(4-5-20(23)26)15(17)11-19(25-28)18(22)10-14;/h13-18,28H,4-12,24H2,1-3H3;1H/b25-19+;/t13?,14-,15-,16-,17-,18?,22+,23-;/m0./s1. The molecule has 4 fully saturated rings. The van der Waals surface area contributed by atoms with E-state index in [4.69, 9.17) is 10.5 Å². The maximum Gasteiger partial charge on any atom is 0.310 e.